The van der Waals surface area contributed by atoms with Gasteiger partial charge in [-0.3, -0.25) is 0 Å². The van der Waals surface area contributed by atoms with Gasteiger partial charge in [0.2, 0.25) is 0 Å². The molecule has 1 aromatic heterocycles. The number of hydrogen-bond donors (Lipinski definition) is 3. The fourth-order valence-corrected chi connectivity index (χ4v) is 2.10. The Morgan fingerprint density at radius 2 is 2.06 bits per heavy atom. The van der Waals surface area contributed by atoms with Crippen LogP contribution in [0.15, 0.2) is 30.3 Å². The summed E-state index contributed by atoms with van der Waals surface area (Å²) in [6.07, 6.45) is -1.97. The van der Waals surface area contributed by atoms with Crippen molar-refractivity contribution in [3.05, 3.63) is 41.0 Å². The standard InChI is InChI=1S/C13H15ClN2O2/c1-15-7-11(17)12(18)9-6-8-4-2-3-5-10(8)16-13(9)14/h2-6,11-12,15,17-18H,7H2,1H3. The van der Waals surface area contributed by atoms with Gasteiger partial charge in [-0.05, 0) is 19.2 Å². The second kappa shape index (κ2) is 5.63. The maximum absolute atomic E-state index is 10.0. The van der Waals surface area contributed by atoms with E-state index in [1.807, 2.05) is 24.3 Å². The Labute approximate surface area is 110 Å². The highest BCUT2D eigenvalue weighted by atomic mass is 35.5. The third kappa shape index (κ3) is 2.62. The van der Waals surface area contributed by atoms with Crippen molar-refractivity contribution in [2.45, 2.75) is 12.2 Å². The molecular weight excluding hydrogens is 252 g/mol. The van der Waals surface area contributed by atoms with Gasteiger partial charge in [0.1, 0.15) is 11.3 Å². The zero-order valence-electron chi connectivity index (χ0n) is 9.97. The number of nitrogens with one attached hydrogen (secondary N) is 1. The van der Waals surface area contributed by atoms with Gasteiger partial charge in [-0.15, -0.1) is 0 Å². The summed E-state index contributed by atoms with van der Waals surface area (Å²) in [6, 6.07) is 9.25. The van der Waals surface area contributed by atoms with Crippen LogP contribution in [0.4, 0.5) is 0 Å². The molecule has 0 fully saturated rings. The van der Waals surface area contributed by atoms with E-state index in [4.69, 9.17) is 11.6 Å². The van der Waals surface area contributed by atoms with Crippen LogP contribution in [-0.2, 0) is 0 Å². The van der Waals surface area contributed by atoms with Crippen LogP contribution in [-0.4, -0.2) is 34.9 Å². The number of nitrogens with zero attached hydrogens (tertiary/aromatic N) is 1. The molecule has 1 heterocycles. The third-order valence-corrected chi connectivity index (χ3v) is 3.10. The first kappa shape index (κ1) is 13.2. The number of para-hydroxylation sites is 1. The van der Waals surface area contributed by atoms with Gasteiger partial charge in [-0.2, -0.15) is 0 Å². The van der Waals surface area contributed by atoms with Crippen LogP contribution in [0.25, 0.3) is 10.9 Å². The lowest BCUT2D eigenvalue weighted by molar-refractivity contribution is 0.0202. The van der Waals surface area contributed by atoms with Crippen LogP contribution in [0.2, 0.25) is 5.15 Å². The number of likely N-dealkylation sites (N-methyl/N-ethyl adjacent to an activating group) is 1. The molecule has 0 aliphatic rings. The number of fused-ring (bicyclic) bond motifs is 1. The second-order valence-electron chi connectivity index (χ2n) is 4.13. The van der Waals surface area contributed by atoms with Crippen LogP contribution in [0.1, 0.15) is 11.7 Å². The van der Waals surface area contributed by atoms with Crippen molar-refractivity contribution in [1.29, 1.82) is 0 Å². The number of halogens is 1. The molecule has 0 aliphatic carbocycles. The predicted molar refractivity (Wildman–Crippen MR) is 71.6 cm³/mol. The Hall–Kier alpha value is -1.20. The minimum absolute atomic E-state index is 0.219. The van der Waals surface area contributed by atoms with Crippen molar-refractivity contribution < 1.29 is 10.2 Å². The topological polar surface area (TPSA) is 65.4 Å². The number of aliphatic hydroxyl groups excluding tert-OH is 2. The summed E-state index contributed by atoms with van der Waals surface area (Å²) in [4.78, 5) is 4.21. The van der Waals surface area contributed by atoms with E-state index in [9.17, 15) is 10.2 Å². The lowest BCUT2D eigenvalue weighted by atomic mass is 10.0. The Morgan fingerprint density at radius 3 is 2.78 bits per heavy atom. The normalized spacial score (nSPS) is 14.7. The van der Waals surface area contributed by atoms with Crippen LogP contribution in [0.5, 0.6) is 0 Å². The Kier molecular flexibility index (Phi) is 4.14. The Bertz CT molecular complexity index is 548. The Morgan fingerprint density at radius 1 is 1.33 bits per heavy atom. The van der Waals surface area contributed by atoms with E-state index in [2.05, 4.69) is 10.3 Å². The molecule has 1 aromatic carbocycles. The second-order valence-corrected chi connectivity index (χ2v) is 4.49. The van der Waals surface area contributed by atoms with Gasteiger partial charge in [0.05, 0.1) is 11.6 Å². The van der Waals surface area contributed by atoms with E-state index in [-0.39, 0.29) is 11.7 Å². The van der Waals surface area contributed by atoms with E-state index >= 15 is 0 Å². The summed E-state index contributed by atoms with van der Waals surface area (Å²) in [5, 5.41) is 23.7. The van der Waals surface area contributed by atoms with Gasteiger partial charge in [0.15, 0.2) is 0 Å². The van der Waals surface area contributed by atoms with Crippen molar-refractivity contribution in [3.8, 4) is 0 Å². The van der Waals surface area contributed by atoms with Crippen molar-refractivity contribution in [2.24, 2.45) is 0 Å². The molecule has 0 radical (unpaired) electrons. The molecule has 96 valence electrons. The van der Waals surface area contributed by atoms with Crippen LogP contribution in [0, 0.1) is 0 Å². The first-order valence-electron chi connectivity index (χ1n) is 5.69. The molecule has 2 aromatic rings. The first-order chi connectivity index (χ1) is 8.63. The number of hydrogen-bond acceptors (Lipinski definition) is 4. The number of benzene rings is 1. The Balaban J connectivity index is 2.41. The highest BCUT2D eigenvalue weighted by Gasteiger charge is 2.21. The van der Waals surface area contributed by atoms with E-state index in [1.165, 1.54) is 0 Å². The number of aliphatic hydroxyl groups is 2. The zero-order valence-corrected chi connectivity index (χ0v) is 10.7. The fraction of sp³-hybridized carbons (Fsp3) is 0.308. The van der Waals surface area contributed by atoms with E-state index in [0.717, 1.165) is 10.9 Å². The lowest BCUT2D eigenvalue weighted by Gasteiger charge is -2.18. The number of pyridine rings is 1. The summed E-state index contributed by atoms with van der Waals surface area (Å²) in [5.41, 5.74) is 1.21. The lowest BCUT2D eigenvalue weighted by Crippen LogP contribution is -2.29. The van der Waals surface area contributed by atoms with Crippen LogP contribution in [0.3, 0.4) is 0 Å². The van der Waals surface area contributed by atoms with Crippen molar-refractivity contribution in [2.75, 3.05) is 13.6 Å². The predicted octanol–water partition coefficient (Wildman–Crippen LogP) is 1.50. The molecule has 2 rings (SSSR count). The highest BCUT2D eigenvalue weighted by Crippen LogP contribution is 2.27. The van der Waals surface area contributed by atoms with Gasteiger partial charge < -0.3 is 15.5 Å². The smallest absolute Gasteiger partial charge is 0.135 e. The van der Waals surface area contributed by atoms with Crippen molar-refractivity contribution in [1.82, 2.24) is 10.3 Å². The number of aromatic nitrogens is 1. The molecule has 0 bridgehead atoms. The molecular formula is C13H15ClN2O2. The average Bonchev–Trinajstić information content (AvgIpc) is 2.37. The summed E-state index contributed by atoms with van der Waals surface area (Å²) < 4.78 is 0. The van der Waals surface area contributed by atoms with Crippen molar-refractivity contribution >= 4 is 22.5 Å². The van der Waals surface area contributed by atoms with Gasteiger partial charge >= 0.3 is 0 Å². The largest absolute Gasteiger partial charge is 0.389 e. The quantitative estimate of drug-likeness (QED) is 0.734. The SMILES string of the molecule is CNCC(O)C(O)c1cc2ccccc2nc1Cl. The highest BCUT2D eigenvalue weighted by molar-refractivity contribution is 6.30. The summed E-state index contributed by atoms with van der Waals surface area (Å²) in [7, 11) is 1.70. The van der Waals surface area contributed by atoms with Gasteiger partial charge in [0.25, 0.3) is 0 Å². The van der Waals surface area contributed by atoms with E-state index in [1.54, 1.807) is 13.1 Å². The molecule has 2 unspecified atom stereocenters. The monoisotopic (exact) mass is 266 g/mol. The number of rotatable bonds is 4. The summed E-state index contributed by atoms with van der Waals surface area (Å²) in [5.74, 6) is 0. The molecule has 5 heteroatoms. The van der Waals surface area contributed by atoms with Crippen LogP contribution < -0.4 is 5.32 Å². The fourth-order valence-electron chi connectivity index (χ4n) is 1.84. The molecule has 0 aliphatic heterocycles. The van der Waals surface area contributed by atoms with Gasteiger partial charge in [0, 0.05) is 17.5 Å². The molecule has 18 heavy (non-hydrogen) atoms. The van der Waals surface area contributed by atoms with Crippen LogP contribution >= 0.6 is 11.6 Å². The molecule has 2 atom stereocenters. The maximum Gasteiger partial charge on any atom is 0.135 e. The molecule has 0 amide bonds. The van der Waals surface area contributed by atoms with Gasteiger partial charge in [-0.1, -0.05) is 29.8 Å². The van der Waals surface area contributed by atoms with E-state index < -0.39 is 12.2 Å². The van der Waals surface area contributed by atoms with E-state index in [0.29, 0.717) is 5.56 Å². The zero-order chi connectivity index (χ0) is 13.1. The minimum atomic E-state index is -1.05. The van der Waals surface area contributed by atoms with Crippen molar-refractivity contribution in [3.63, 3.8) is 0 Å². The molecule has 3 N–H and O–H groups in total. The maximum atomic E-state index is 10.0. The molecule has 4 nitrogen and oxygen atoms in total. The van der Waals surface area contributed by atoms with Gasteiger partial charge in [-0.25, -0.2) is 4.98 Å². The first-order valence-corrected chi connectivity index (χ1v) is 6.07. The molecule has 0 saturated carbocycles. The molecule has 0 spiro atoms. The minimum Gasteiger partial charge on any atom is -0.389 e. The third-order valence-electron chi connectivity index (χ3n) is 2.80. The average molecular weight is 267 g/mol. The molecule has 0 saturated heterocycles. The summed E-state index contributed by atoms with van der Waals surface area (Å²) >= 11 is 6.04. The summed E-state index contributed by atoms with van der Waals surface area (Å²) in [6.45, 7) is 0.282.